The first kappa shape index (κ1) is 11.9. The molecule has 86 valence electrons. The van der Waals surface area contributed by atoms with Crippen molar-refractivity contribution in [3.8, 4) is 11.1 Å². The minimum atomic E-state index is -0.896. The Hall–Kier alpha value is -1.61. The summed E-state index contributed by atoms with van der Waals surface area (Å²) >= 11 is 3.38. The maximum Gasteiger partial charge on any atom is 0.335 e. The van der Waals surface area contributed by atoms with Gasteiger partial charge in [0.1, 0.15) is 0 Å². The van der Waals surface area contributed by atoms with Gasteiger partial charge in [0.2, 0.25) is 0 Å². The van der Waals surface area contributed by atoms with Gasteiger partial charge in [-0.3, -0.25) is 0 Å². The van der Waals surface area contributed by atoms with E-state index >= 15 is 0 Å². The Kier molecular flexibility index (Phi) is 3.29. The van der Waals surface area contributed by atoms with Crippen LogP contribution in [0.15, 0.2) is 46.9 Å². The third-order valence-electron chi connectivity index (χ3n) is 2.50. The normalized spacial score (nSPS) is 10.2. The first-order valence-corrected chi connectivity index (χ1v) is 5.96. The van der Waals surface area contributed by atoms with Crippen LogP contribution in [0.4, 0.5) is 0 Å². The molecule has 2 aromatic carbocycles. The lowest BCUT2D eigenvalue weighted by molar-refractivity contribution is 0.0697. The van der Waals surface area contributed by atoms with E-state index in [0.717, 1.165) is 21.2 Å². The Morgan fingerprint density at radius 3 is 2.29 bits per heavy atom. The number of carboxylic acid groups (broad SMARTS) is 1. The standard InChI is InChI=1S/C14H11BrO2/c1-9-6-11(8-12(7-9)14(16)17)10-2-4-13(15)5-3-10/h2-8H,1H3,(H,16,17). The average molecular weight is 291 g/mol. The molecule has 2 aromatic rings. The number of halogens is 1. The predicted octanol–water partition coefficient (Wildman–Crippen LogP) is 4.12. The first-order valence-electron chi connectivity index (χ1n) is 5.17. The van der Waals surface area contributed by atoms with Crippen molar-refractivity contribution in [1.29, 1.82) is 0 Å². The zero-order chi connectivity index (χ0) is 12.4. The molecular weight excluding hydrogens is 280 g/mol. The van der Waals surface area contributed by atoms with Crippen molar-refractivity contribution in [2.24, 2.45) is 0 Å². The van der Waals surface area contributed by atoms with Gasteiger partial charge in [0.05, 0.1) is 5.56 Å². The molecule has 0 fully saturated rings. The molecule has 0 radical (unpaired) electrons. The van der Waals surface area contributed by atoms with Crippen LogP contribution in [0.3, 0.4) is 0 Å². The third-order valence-corrected chi connectivity index (χ3v) is 3.03. The lowest BCUT2D eigenvalue weighted by Gasteiger charge is -2.05. The molecule has 0 spiro atoms. The first-order chi connectivity index (χ1) is 8.06. The number of hydrogen-bond donors (Lipinski definition) is 1. The highest BCUT2D eigenvalue weighted by Crippen LogP contribution is 2.24. The number of aromatic carboxylic acids is 1. The molecular formula is C14H11BrO2. The summed E-state index contributed by atoms with van der Waals surface area (Å²) < 4.78 is 1.01. The molecule has 17 heavy (non-hydrogen) atoms. The zero-order valence-electron chi connectivity index (χ0n) is 9.27. The van der Waals surface area contributed by atoms with Crippen LogP contribution in [0.5, 0.6) is 0 Å². The van der Waals surface area contributed by atoms with Gasteiger partial charge in [-0.2, -0.15) is 0 Å². The second-order valence-corrected chi connectivity index (χ2v) is 4.82. The number of carbonyl (C=O) groups is 1. The van der Waals surface area contributed by atoms with Gasteiger partial charge < -0.3 is 5.11 Å². The summed E-state index contributed by atoms with van der Waals surface area (Å²) in [5.74, 6) is -0.896. The Morgan fingerprint density at radius 2 is 1.71 bits per heavy atom. The Labute approximate surface area is 108 Å². The van der Waals surface area contributed by atoms with Crippen LogP contribution in [-0.4, -0.2) is 11.1 Å². The molecule has 1 N–H and O–H groups in total. The van der Waals surface area contributed by atoms with E-state index in [4.69, 9.17) is 5.11 Å². The molecule has 0 amide bonds. The molecule has 0 heterocycles. The highest BCUT2D eigenvalue weighted by Gasteiger charge is 2.06. The summed E-state index contributed by atoms with van der Waals surface area (Å²) in [5, 5.41) is 9.02. The van der Waals surface area contributed by atoms with E-state index in [-0.39, 0.29) is 0 Å². The molecule has 0 saturated carbocycles. The van der Waals surface area contributed by atoms with E-state index in [1.807, 2.05) is 37.3 Å². The largest absolute Gasteiger partial charge is 0.478 e. The van der Waals surface area contributed by atoms with Crippen LogP contribution in [0.25, 0.3) is 11.1 Å². The average Bonchev–Trinajstić information content (AvgIpc) is 2.29. The second-order valence-electron chi connectivity index (χ2n) is 3.90. The molecule has 2 nitrogen and oxygen atoms in total. The van der Waals surface area contributed by atoms with E-state index in [0.29, 0.717) is 5.56 Å². The SMILES string of the molecule is Cc1cc(C(=O)O)cc(-c2ccc(Br)cc2)c1. The lowest BCUT2D eigenvalue weighted by Crippen LogP contribution is -1.97. The van der Waals surface area contributed by atoms with Gasteiger partial charge in [0.15, 0.2) is 0 Å². The molecule has 0 aliphatic heterocycles. The van der Waals surface area contributed by atoms with Gasteiger partial charge >= 0.3 is 5.97 Å². The van der Waals surface area contributed by atoms with Crippen LogP contribution >= 0.6 is 15.9 Å². The summed E-state index contributed by atoms with van der Waals surface area (Å²) in [4.78, 5) is 11.0. The molecule has 2 rings (SSSR count). The molecule has 0 saturated heterocycles. The van der Waals surface area contributed by atoms with Gasteiger partial charge in [-0.15, -0.1) is 0 Å². The number of carboxylic acids is 1. The molecule has 0 aliphatic rings. The van der Waals surface area contributed by atoms with E-state index in [2.05, 4.69) is 15.9 Å². The minimum Gasteiger partial charge on any atom is -0.478 e. The summed E-state index contributed by atoms with van der Waals surface area (Å²) in [6, 6.07) is 13.2. The fourth-order valence-corrected chi connectivity index (χ4v) is 1.98. The fraction of sp³-hybridized carbons (Fsp3) is 0.0714. The summed E-state index contributed by atoms with van der Waals surface area (Å²) in [7, 11) is 0. The van der Waals surface area contributed by atoms with Crippen LogP contribution in [0, 0.1) is 6.92 Å². The van der Waals surface area contributed by atoms with Crippen LogP contribution in [0.2, 0.25) is 0 Å². The van der Waals surface area contributed by atoms with Crippen molar-refractivity contribution in [2.75, 3.05) is 0 Å². The van der Waals surface area contributed by atoms with E-state index in [1.54, 1.807) is 12.1 Å². The molecule has 0 aromatic heterocycles. The van der Waals surface area contributed by atoms with E-state index in [1.165, 1.54) is 0 Å². The number of aryl methyl sites for hydroxylation is 1. The van der Waals surface area contributed by atoms with Gasteiger partial charge in [0.25, 0.3) is 0 Å². The Bertz CT molecular complexity index is 559. The fourth-order valence-electron chi connectivity index (χ4n) is 1.72. The monoisotopic (exact) mass is 290 g/mol. The second kappa shape index (κ2) is 4.72. The van der Waals surface area contributed by atoms with Crippen LogP contribution < -0.4 is 0 Å². The lowest BCUT2D eigenvalue weighted by atomic mass is 10.0. The molecule has 0 aliphatic carbocycles. The Balaban J connectivity index is 2.51. The number of hydrogen-bond acceptors (Lipinski definition) is 1. The number of rotatable bonds is 2. The maximum absolute atomic E-state index is 11.0. The van der Waals surface area contributed by atoms with Crippen molar-refractivity contribution in [3.05, 3.63) is 58.1 Å². The van der Waals surface area contributed by atoms with E-state index in [9.17, 15) is 4.79 Å². The predicted molar refractivity (Wildman–Crippen MR) is 71.3 cm³/mol. The topological polar surface area (TPSA) is 37.3 Å². The zero-order valence-corrected chi connectivity index (χ0v) is 10.9. The third kappa shape index (κ3) is 2.74. The van der Waals surface area contributed by atoms with Crippen molar-refractivity contribution >= 4 is 21.9 Å². The quantitative estimate of drug-likeness (QED) is 0.903. The summed E-state index contributed by atoms with van der Waals surface area (Å²) in [6.45, 7) is 1.90. The van der Waals surface area contributed by atoms with Crippen molar-refractivity contribution in [2.45, 2.75) is 6.92 Å². The summed E-state index contributed by atoms with van der Waals surface area (Å²) in [5.41, 5.74) is 3.21. The molecule has 0 bridgehead atoms. The van der Waals surface area contributed by atoms with Crippen molar-refractivity contribution in [1.82, 2.24) is 0 Å². The van der Waals surface area contributed by atoms with Gasteiger partial charge in [-0.05, 0) is 47.9 Å². The summed E-state index contributed by atoms with van der Waals surface area (Å²) in [6.07, 6.45) is 0. The Morgan fingerprint density at radius 1 is 1.06 bits per heavy atom. The van der Waals surface area contributed by atoms with Gasteiger partial charge in [0, 0.05) is 4.47 Å². The van der Waals surface area contributed by atoms with Crippen LogP contribution in [0.1, 0.15) is 15.9 Å². The highest BCUT2D eigenvalue weighted by molar-refractivity contribution is 9.10. The van der Waals surface area contributed by atoms with Crippen molar-refractivity contribution in [3.63, 3.8) is 0 Å². The number of benzene rings is 2. The molecule has 3 heteroatoms. The molecule has 0 unspecified atom stereocenters. The van der Waals surface area contributed by atoms with Gasteiger partial charge in [-0.1, -0.05) is 34.1 Å². The van der Waals surface area contributed by atoms with Crippen molar-refractivity contribution < 1.29 is 9.90 Å². The highest BCUT2D eigenvalue weighted by atomic mass is 79.9. The van der Waals surface area contributed by atoms with E-state index < -0.39 is 5.97 Å². The van der Waals surface area contributed by atoms with Crippen LogP contribution in [-0.2, 0) is 0 Å². The molecule has 0 atom stereocenters. The minimum absolute atomic E-state index is 0.322. The smallest absolute Gasteiger partial charge is 0.335 e. The maximum atomic E-state index is 11.0. The van der Waals surface area contributed by atoms with Gasteiger partial charge in [-0.25, -0.2) is 4.79 Å².